The van der Waals surface area contributed by atoms with E-state index in [9.17, 15) is 0 Å². The molecule has 0 saturated heterocycles. The van der Waals surface area contributed by atoms with Crippen LogP contribution in [0.3, 0.4) is 0 Å². The van der Waals surface area contributed by atoms with Crippen molar-refractivity contribution in [1.29, 1.82) is 0 Å². The largest absolute Gasteiger partial charge is 0.380 e. The third-order valence-electron chi connectivity index (χ3n) is 4.01. The van der Waals surface area contributed by atoms with Crippen molar-refractivity contribution in [2.75, 3.05) is 19.8 Å². The minimum absolute atomic E-state index is 0.752. The van der Waals surface area contributed by atoms with Gasteiger partial charge >= 0.3 is 0 Å². The Morgan fingerprint density at radius 1 is 1.06 bits per heavy atom. The van der Waals surface area contributed by atoms with E-state index in [1.54, 1.807) is 0 Å². The molecular weight excluding hydrogens is 222 g/mol. The first-order chi connectivity index (χ1) is 8.83. The highest BCUT2D eigenvalue weighted by Crippen LogP contribution is 2.23. The average molecular weight is 255 g/mol. The van der Waals surface area contributed by atoms with Crippen molar-refractivity contribution < 1.29 is 4.74 Å². The van der Waals surface area contributed by atoms with Crippen molar-refractivity contribution in [3.05, 3.63) is 0 Å². The van der Waals surface area contributed by atoms with E-state index < -0.39 is 0 Å². The number of unbranched alkanes of at least 4 members (excludes halogenated alkanes) is 4. The molecule has 0 aromatic carbocycles. The summed E-state index contributed by atoms with van der Waals surface area (Å²) >= 11 is 0. The van der Waals surface area contributed by atoms with Gasteiger partial charge in [0.2, 0.25) is 0 Å². The highest BCUT2D eigenvalue weighted by molar-refractivity contribution is 4.75. The molecule has 0 bridgehead atoms. The second-order valence-electron chi connectivity index (χ2n) is 5.95. The van der Waals surface area contributed by atoms with E-state index in [-0.39, 0.29) is 0 Å². The van der Waals surface area contributed by atoms with Gasteiger partial charge in [-0.1, -0.05) is 52.4 Å². The van der Waals surface area contributed by atoms with Crippen molar-refractivity contribution in [1.82, 2.24) is 5.32 Å². The van der Waals surface area contributed by atoms with E-state index in [2.05, 4.69) is 19.2 Å². The Labute approximate surface area is 114 Å². The normalized spacial score (nSPS) is 24.3. The molecule has 0 aromatic rings. The first kappa shape index (κ1) is 16.0. The maximum Gasteiger partial charge on any atom is 0.0590 e. The highest BCUT2D eigenvalue weighted by Gasteiger charge is 2.17. The van der Waals surface area contributed by atoms with E-state index >= 15 is 0 Å². The zero-order valence-corrected chi connectivity index (χ0v) is 12.5. The van der Waals surface area contributed by atoms with Gasteiger partial charge in [-0.2, -0.15) is 0 Å². The zero-order valence-electron chi connectivity index (χ0n) is 12.5. The summed E-state index contributed by atoms with van der Waals surface area (Å²) in [5.41, 5.74) is 0. The number of hydrogen-bond acceptors (Lipinski definition) is 2. The lowest BCUT2D eigenvalue weighted by molar-refractivity contribution is 0.127. The number of hydrogen-bond donors (Lipinski definition) is 1. The first-order valence-electron chi connectivity index (χ1n) is 8.14. The summed E-state index contributed by atoms with van der Waals surface area (Å²) in [5, 5.41) is 3.64. The van der Waals surface area contributed by atoms with Crippen LogP contribution in [0, 0.1) is 5.92 Å². The standard InChI is InChI=1S/C16H33NO/c1-3-4-5-6-7-12-18-13-11-17-16-10-8-9-15(2)14-16/h15-17H,3-14H2,1-2H3. The Morgan fingerprint density at radius 3 is 2.67 bits per heavy atom. The zero-order chi connectivity index (χ0) is 13.1. The van der Waals surface area contributed by atoms with E-state index in [1.165, 1.54) is 57.8 Å². The second kappa shape index (κ2) is 10.8. The molecule has 0 radical (unpaired) electrons. The summed E-state index contributed by atoms with van der Waals surface area (Å²) in [5.74, 6) is 0.913. The lowest BCUT2D eigenvalue weighted by Gasteiger charge is -2.27. The van der Waals surface area contributed by atoms with Gasteiger partial charge in [0, 0.05) is 19.2 Å². The van der Waals surface area contributed by atoms with Crippen LogP contribution in [0.5, 0.6) is 0 Å². The maximum atomic E-state index is 5.67. The fourth-order valence-corrected chi connectivity index (χ4v) is 2.86. The van der Waals surface area contributed by atoms with Crippen LogP contribution in [0.1, 0.15) is 71.6 Å². The van der Waals surface area contributed by atoms with Gasteiger partial charge in [0.25, 0.3) is 0 Å². The third kappa shape index (κ3) is 8.10. The lowest BCUT2D eigenvalue weighted by atomic mass is 9.87. The van der Waals surface area contributed by atoms with Crippen LogP contribution in [-0.4, -0.2) is 25.8 Å². The predicted octanol–water partition coefficient (Wildman–Crippen LogP) is 4.14. The van der Waals surface area contributed by atoms with Crippen molar-refractivity contribution in [2.45, 2.75) is 77.7 Å². The first-order valence-corrected chi connectivity index (χ1v) is 8.14. The van der Waals surface area contributed by atoms with E-state index in [0.29, 0.717) is 0 Å². The highest BCUT2D eigenvalue weighted by atomic mass is 16.5. The Hall–Kier alpha value is -0.0800. The van der Waals surface area contributed by atoms with Gasteiger partial charge in [-0.15, -0.1) is 0 Å². The molecule has 2 heteroatoms. The molecule has 2 unspecified atom stereocenters. The van der Waals surface area contributed by atoms with Gasteiger partial charge in [0.05, 0.1) is 6.61 Å². The van der Waals surface area contributed by atoms with Crippen molar-refractivity contribution >= 4 is 0 Å². The van der Waals surface area contributed by atoms with E-state index in [0.717, 1.165) is 31.7 Å². The van der Waals surface area contributed by atoms with Gasteiger partial charge < -0.3 is 10.1 Å². The summed E-state index contributed by atoms with van der Waals surface area (Å²) in [7, 11) is 0. The van der Waals surface area contributed by atoms with E-state index in [1.807, 2.05) is 0 Å². The quantitative estimate of drug-likeness (QED) is 0.592. The molecule has 2 nitrogen and oxygen atoms in total. The monoisotopic (exact) mass is 255 g/mol. The molecule has 18 heavy (non-hydrogen) atoms. The van der Waals surface area contributed by atoms with Crippen LogP contribution >= 0.6 is 0 Å². The molecule has 0 spiro atoms. The molecule has 1 aliphatic rings. The van der Waals surface area contributed by atoms with Crippen molar-refractivity contribution in [3.63, 3.8) is 0 Å². The maximum absolute atomic E-state index is 5.67. The van der Waals surface area contributed by atoms with Crippen LogP contribution in [0.25, 0.3) is 0 Å². The fraction of sp³-hybridized carbons (Fsp3) is 1.00. The molecule has 0 amide bonds. The van der Waals surface area contributed by atoms with Crippen LogP contribution in [0.15, 0.2) is 0 Å². The Bertz CT molecular complexity index is 184. The Balaban J connectivity index is 1.80. The molecule has 2 atom stereocenters. The summed E-state index contributed by atoms with van der Waals surface area (Å²) in [6.07, 6.45) is 12.2. The molecule has 1 aliphatic carbocycles. The van der Waals surface area contributed by atoms with Gasteiger partial charge in [-0.25, -0.2) is 0 Å². The molecule has 1 rings (SSSR count). The minimum Gasteiger partial charge on any atom is -0.380 e. The molecular formula is C16H33NO. The van der Waals surface area contributed by atoms with Crippen molar-refractivity contribution in [3.8, 4) is 0 Å². The SMILES string of the molecule is CCCCCCCOCCNC1CCCC(C)C1. The Kier molecular flexibility index (Phi) is 9.59. The lowest BCUT2D eigenvalue weighted by Crippen LogP contribution is -2.35. The molecule has 0 aromatic heterocycles. The molecule has 1 fully saturated rings. The fourth-order valence-electron chi connectivity index (χ4n) is 2.86. The van der Waals surface area contributed by atoms with Crippen molar-refractivity contribution in [2.24, 2.45) is 5.92 Å². The molecule has 1 N–H and O–H groups in total. The summed E-state index contributed by atoms with van der Waals surface area (Å²) in [6, 6.07) is 0.752. The molecule has 108 valence electrons. The molecule has 0 heterocycles. The number of nitrogens with one attached hydrogen (secondary N) is 1. The van der Waals surface area contributed by atoms with Gasteiger partial charge in [-0.3, -0.25) is 0 Å². The van der Waals surface area contributed by atoms with Crippen LogP contribution in [0.4, 0.5) is 0 Å². The smallest absolute Gasteiger partial charge is 0.0590 e. The van der Waals surface area contributed by atoms with Crippen LogP contribution in [-0.2, 0) is 4.74 Å². The minimum atomic E-state index is 0.752. The topological polar surface area (TPSA) is 21.3 Å². The third-order valence-corrected chi connectivity index (χ3v) is 4.01. The van der Waals surface area contributed by atoms with Gasteiger partial charge in [-0.05, 0) is 25.2 Å². The number of rotatable bonds is 10. The summed E-state index contributed by atoms with van der Waals surface area (Å²) in [6.45, 7) is 7.51. The average Bonchev–Trinajstić information content (AvgIpc) is 2.37. The summed E-state index contributed by atoms with van der Waals surface area (Å²) < 4.78 is 5.67. The number of ether oxygens (including phenoxy) is 1. The van der Waals surface area contributed by atoms with Crippen LogP contribution in [0.2, 0.25) is 0 Å². The second-order valence-corrected chi connectivity index (χ2v) is 5.95. The van der Waals surface area contributed by atoms with Crippen LogP contribution < -0.4 is 5.32 Å². The summed E-state index contributed by atoms with van der Waals surface area (Å²) in [4.78, 5) is 0. The molecule has 0 aliphatic heterocycles. The van der Waals surface area contributed by atoms with E-state index in [4.69, 9.17) is 4.74 Å². The Morgan fingerprint density at radius 2 is 1.89 bits per heavy atom. The predicted molar refractivity (Wildman–Crippen MR) is 79.0 cm³/mol. The van der Waals surface area contributed by atoms with Gasteiger partial charge in [0.1, 0.15) is 0 Å². The van der Waals surface area contributed by atoms with Gasteiger partial charge in [0.15, 0.2) is 0 Å². The molecule has 1 saturated carbocycles.